The van der Waals surface area contributed by atoms with E-state index in [2.05, 4.69) is 5.10 Å². The Morgan fingerprint density at radius 2 is 1.96 bits per heavy atom. The molecule has 1 amide bonds. The van der Waals surface area contributed by atoms with Gasteiger partial charge in [-0.15, -0.1) is 0 Å². The number of carboxylic acid groups (broad SMARTS) is 1. The van der Waals surface area contributed by atoms with Crippen LogP contribution in [0.2, 0.25) is 0 Å². The first-order valence-electron chi connectivity index (χ1n) is 7.30. The van der Waals surface area contributed by atoms with Crippen LogP contribution >= 0.6 is 0 Å². The number of amides is 1. The summed E-state index contributed by atoms with van der Waals surface area (Å²) in [6.07, 6.45) is 0.561. The Hall–Kier alpha value is -3.03. The molecule has 2 aromatic rings. The highest BCUT2D eigenvalue weighted by molar-refractivity contribution is 5.94. The molecule has 0 aliphatic carbocycles. The fourth-order valence-corrected chi connectivity index (χ4v) is 2.17. The Kier molecular flexibility index (Phi) is 5.41. The van der Waals surface area contributed by atoms with E-state index in [0.717, 1.165) is 15.6 Å². The second-order valence-electron chi connectivity index (χ2n) is 5.04. The number of rotatable bonds is 6. The zero-order chi connectivity index (χ0) is 17.7. The van der Waals surface area contributed by atoms with Gasteiger partial charge >= 0.3 is 5.97 Å². The van der Waals surface area contributed by atoms with Gasteiger partial charge in [0.05, 0.1) is 0 Å². The topological polar surface area (TPSA) is 92.5 Å². The molecule has 0 radical (unpaired) electrons. The molecular weight excluding hydrogens is 317 g/mol. The number of hydrogen-bond acceptors (Lipinski definition) is 4. The molecule has 1 N–H and O–H groups in total. The van der Waals surface area contributed by atoms with Gasteiger partial charge in [-0.25, -0.2) is 4.39 Å². The normalized spacial score (nSPS) is 10.4. The summed E-state index contributed by atoms with van der Waals surface area (Å²) in [5, 5.41) is 12.8. The number of hydrogen-bond donors (Lipinski definition) is 1. The number of carbonyl (C=O) groups is 2. The van der Waals surface area contributed by atoms with Gasteiger partial charge < -0.3 is 10.0 Å². The van der Waals surface area contributed by atoms with Gasteiger partial charge in [0.1, 0.15) is 23.7 Å². The molecule has 1 heterocycles. The monoisotopic (exact) mass is 333 g/mol. The minimum absolute atomic E-state index is 0.0857. The SMILES string of the molecule is CCCN(CC(=O)O)C(=O)c1ccc(=O)n(-c2ccccc2F)n1. The highest BCUT2D eigenvalue weighted by Crippen LogP contribution is 2.10. The third-order valence-corrected chi connectivity index (χ3v) is 3.21. The second-order valence-corrected chi connectivity index (χ2v) is 5.04. The van der Waals surface area contributed by atoms with Crippen LogP contribution in [-0.2, 0) is 4.79 Å². The van der Waals surface area contributed by atoms with Crippen LogP contribution in [0.4, 0.5) is 4.39 Å². The van der Waals surface area contributed by atoms with Crippen molar-refractivity contribution in [2.24, 2.45) is 0 Å². The van der Waals surface area contributed by atoms with E-state index in [-0.39, 0.29) is 17.9 Å². The van der Waals surface area contributed by atoms with Gasteiger partial charge in [0.2, 0.25) is 0 Å². The zero-order valence-electron chi connectivity index (χ0n) is 13.0. The number of carboxylic acids is 1. The Bertz CT molecular complexity index is 819. The summed E-state index contributed by atoms with van der Waals surface area (Å²) in [4.78, 5) is 36.4. The van der Waals surface area contributed by atoms with Crippen molar-refractivity contribution in [1.29, 1.82) is 0 Å². The molecule has 1 aromatic heterocycles. The lowest BCUT2D eigenvalue weighted by atomic mass is 10.3. The summed E-state index contributed by atoms with van der Waals surface area (Å²) in [6, 6.07) is 7.83. The summed E-state index contributed by atoms with van der Waals surface area (Å²) < 4.78 is 14.7. The van der Waals surface area contributed by atoms with E-state index < -0.39 is 29.8 Å². The fraction of sp³-hybridized carbons (Fsp3) is 0.250. The molecule has 0 unspecified atom stereocenters. The zero-order valence-corrected chi connectivity index (χ0v) is 13.0. The third kappa shape index (κ3) is 3.83. The van der Waals surface area contributed by atoms with Gasteiger partial charge in [0, 0.05) is 12.6 Å². The van der Waals surface area contributed by atoms with Gasteiger partial charge in [-0.3, -0.25) is 14.4 Å². The van der Waals surface area contributed by atoms with E-state index in [4.69, 9.17) is 5.11 Å². The summed E-state index contributed by atoms with van der Waals surface area (Å²) in [5.74, 6) is -2.45. The molecule has 0 bridgehead atoms. The Balaban J connectivity index is 2.43. The molecule has 2 rings (SSSR count). The van der Waals surface area contributed by atoms with Crippen LogP contribution < -0.4 is 5.56 Å². The van der Waals surface area contributed by atoms with Gasteiger partial charge in [-0.1, -0.05) is 19.1 Å². The number of carbonyl (C=O) groups excluding carboxylic acids is 1. The first kappa shape index (κ1) is 17.3. The van der Waals surface area contributed by atoms with Gasteiger partial charge in [0.25, 0.3) is 11.5 Å². The number of benzene rings is 1. The van der Waals surface area contributed by atoms with Crippen molar-refractivity contribution in [3.8, 4) is 5.69 Å². The minimum Gasteiger partial charge on any atom is -0.480 e. The number of para-hydroxylation sites is 1. The molecule has 0 aliphatic heterocycles. The lowest BCUT2D eigenvalue weighted by Gasteiger charge is -2.19. The van der Waals surface area contributed by atoms with Crippen molar-refractivity contribution >= 4 is 11.9 Å². The van der Waals surface area contributed by atoms with Crippen LogP contribution in [0.1, 0.15) is 23.8 Å². The molecule has 24 heavy (non-hydrogen) atoms. The third-order valence-electron chi connectivity index (χ3n) is 3.21. The van der Waals surface area contributed by atoms with Crippen molar-refractivity contribution in [1.82, 2.24) is 14.7 Å². The first-order valence-corrected chi connectivity index (χ1v) is 7.30. The van der Waals surface area contributed by atoms with E-state index in [1.54, 1.807) is 6.92 Å². The van der Waals surface area contributed by atoms with Crippen LogP contribution in [0.3, 0.4) is 0 Å². The fourth-order valence-electron chi connectivity index (χ4n) is 2.17. The van der Waals surface area contributed by atoms with Crippen LogP contribution in [-0.4, -0.2) is 44.8 Å². The molecule has 0 spiro atoms. The highest BCUT2D eigenvalue weighted by atomic mass is 19.1. The number of halogens is 1. The summed E-state index contributed by atoms with van der Waals surface area (Å²) >= 11 is 0. The molecule has 0 atom stereocenters. The average molecular weight is 333 g/mol. The maximum absolute atomic E-state index is 13.9. The van der Waals surface area contributed by atoms with Gasteiger partial charge in [-0.2, -0.15) is 9.78 Å². The highest BCUT2D eigenvalue weighted by Gasteiger charge is 2.20. The molecule has 126 valence electrons. The van der Waals surface area contributed by atoms with Gasteiger partial charge in [-0.05, 0) is 24.6 Å². The summed E-state index contributed by atoms with van der Waals surface area (Å²) in [5.41, 5.74) is -0.818. The number of nitrogens with zero attached hydrogens (tertiary/aromatic N) is 3. The van der Waals surface area contributed by atoms with Crippen molar-refractivity contribution in [2.45, 2.75) is 13.3 Å². The predicted molar refractivity (Wildman–Crippen MR) is 83.6 cm³/mol. The molecule has 1 aromatic carbocycles. The van der Waals surface area contributed by atoms with Crippen LogP contribution in [0.25, 0.3) is 5.69 Å². The van der Waals surface area contributed by atoms with Gasteiger partial charge in [0.15, 0.2) is 0 Å². The second kappa shape index (κ2) is 7.49. The molecule has 0 aliphatic rings. The van der Waals surface area contributed by atoms with E-state index >= 15 is 0 Å². The molecule has 8 heteroatoms. The molecule has 7 nitrogen and oxygen atoms in total. The predicted octanol–water partition coefficient (Wildman–Crippen LogP) is 1.31. The molecular formula is C16H16FN3O4. The quantitative estimate of drug-likeness (QED) is 0.860. The van der Waals surface area contributed by atoms with Crippen molar-refractivity contribution < 1.29 is 19.1 Å². The lowest BCUT2D eigenvalue weighted by molar-refractivity contribution is -0.137. The Morgan fingerprint density at radius 3 is 2.58 bits per heavy atom. The number of aromatic nitrogens is 2. The van der Waals surface area contributed by atoms with E-state index in [0.29, 0.717) is 6.42 Å². The Morgan fingerprint density at radius 1 is 1.25 bits per heavy atom. The Labute approximate surface area is 137 Å². The van der Waals surface area contributed by atoms with E-state index in [1.165, 1.54) is 30.3 Å². The molecule has 0 saturated heterocycles. The average Bonchev–Trinajstić information content (AvgIpc) is 2.55. The minimum atomic E-state index is -1.15. The van der Waals surface area contributed by atoms with Crippen LogP contribution in [0, 0.1) is 5.82 Å². The maximum atomic E-state index is 13.9. The first-order chi connectivity index (χ1) is 11.4. The largest absolute Gasteiger partial charge is 0.480 e. The molecule has 0 fully saturated rings. The molecule has 0 saturated carbocycles. The van der Waals surface area contributed by atoms with Crippen molar-refractivity contribution in [3.63, 3.8) is 0 Å². The maximum Gasteiger partial charge on any atom is 0.323 e. The smallest absolute Gasteiger partial charge is 0.323 e. The van der Waals surface area contributed by atoms with E-state index in [1.807, 2.05) is 0 Å². The summed E-state index contributed by atoms with van der Waals surface area (Å²) in [6.45, 7) is 1.55. The van der Waals surface area contributed by atoms with Crippen molar-refractivity contribution in [3.05, 3.63) is 58.3 Å². The van der Waals surface area contributed by atoms with Crippen molar-refractivity contribution in [2.75, 3.05) is 13.1 Å². The standard InChI is InChI=1S/C16H16FN3O4/c1-2-9-19(10-15(22)23)16(24)12-7-8-14(21)20(18-12)13-6-4-3-5-11(13)17/h3-8H,2,9-10H2,1H3,(H,22,23). The number of aliphatic carboxylic acids is 1. The summed E-state index contributed by atoms with van der Waals surface area (Å²) in [7, 11) is 0. The lowest BCUT2D eigenvalue weighted by Crippen LogP contribution is -2.37. The van der Waals surface area contributed by atoms with Crippen LogP contribution in [0.5, 0.6) is 0 Å². The van der Waals surface area contributed by atoms with E-state index in [9.17, 15) is 18.8 Å². The van der Waals surface area contributed by atoms with Crippen LogP contribution in [0.15, 0.2) is 41.2 Å².